The van der Waals surface area contributed by atoms with Crippen LogP contribution in [0.1, 0.15) is 35.6 Å². The molecule has 6 rings (SSSR count). The van der Waals surface area contributed by atoms with E-state index in [1.54, 1.807) is 0 Å². The number of carbonyl (C=O) groups is 2. The van der Waals surface area contributed by atoms with E-state index in [0.717, 1.165) is 59.5 Å². The molecule has 0 saturated carbocycles. The summed E-state index contributed by atoms with van der Waals surface area (Å²) in [5, 5.41) is 10.0. The van der Waals surface area contributed by atoms with Gasteiger partial charge in [-0.3, -0.25) is 4.79 Å². The van der Waals surface area contributed by atoms with Crippen LogP contribution in [0.15, 0.2) is 67.0 Å². The molecule has 4 aromatic rings. The van der Waals surface area contributed by atoms with Crippen molar-refractivity contribution in [2.75, 3.05) is 22.1 Å². The minimum Gasteiger partial charge on any atom is -0.367 e. The van der Waals surface area contributed by atoms with Crippen molar-refractivity contribution in [3.63, 3.8) is 0 Å². The maximum Gasteiger partial charge on any atom is 0.323 e. The highest BCUT2D eigenvalue weighted by atomic mass is 16.2. The minimum absolute atomic E-state index is 0.0562. The number of hydrogen-bond donors (Lipinski definition) is 4. The maximum atomic E-state index is 12.8. The average Bonchev–Trinajstić information content (AvgIpc) is 3.61. The topological polar surface area (TPSA) is 102 Å². The van der Waals surface area contributed by atoms with E-state index < -0.39 is 0 Å². The molecule has 4 N–H and O–H groups in total. The number of hydrogen-bond acceptors (Lipinski definition) is 4. The lowest BCUT2D eigenvalue weighted by atomic mass is 10.1. The summed E-state index contributed by atoms with van der Waals surface area (Å²) in [7, 11) is 0. The van der Waals surface area contributed by atoms with E-state index in [0.29, 0.717) is 12.1 Å². The maximum absolute atomic E-state index is 12.8. The Morgan fingerprint density at radius 1 is 1.06 bits per heavy atom. The molecule has 4 heterocycles. The van der Waals surface area contributed by atoms with Crippen LogP contribution in [0.2, 0.25) is 0 Å². The van der Waals surface area contributed by atoms with Crippen molar-refractivity contribution in [1.82, 2.24) is 15.3 Å². The first-order valence-electron chi connectivity index (χ1n) is 11.9. The van der Waals surface area contributed by atoms with Gasteiger partial charge in [-0.15, -0.1) is 0 Å². The zero-order chi connectivity index (χ0) is 23.8. The second-order valence-electron chi connectivity index (χ2n) is 9.04. The molecular weight excluding hydrogens is 440 g/mol. The van der Waals surface area contributed by atoms with Crippen LogP contribution in [0.3, 0.4) is 0 Å². The fourth-order valence-corrected chi connectivity index (χ4v) is 5.09. The molecule has 0 radical (unpaired) electrons. The van der Waals surface area contributed by atoms with Crippen LogP contribution in [-0.2, 0) is 17.8 Å². The van der Waals surface area contributed by atoms with Crippen molar-refractivity contribution in [3.8, 4) is 0 Å². The summed E-state index contributed by atoms with van der Waals surface area (Å²) >= 11 is 0. The predicted octanol–water partition coefficient (Wildman–Crippen LogP) is 4.72. The van der Waals surface area contributed by atoms with E-state index in [-0.39, 0.29) is 18.0 Å². The van der Waals surface area contributed by atoms with Gasteiger partial charge in [-0.2, -0.15) is 0 Å². The fraction of sp³-hybridized carbons (Fsp3) is 0.222. The highest BCUT2D eigenvalue weighted by molar-refractivity contribution is 6.01. The molecule has 0 spiro atoms. The lowest BCUT2D eigenvalue weighted by molar-refractivity contribution is -0.119. The number of H-pyrrole nitrogens is 1. The van der Waals surface area contributed by atoms with E-state index >= 15 is 0 Å². The Morgan fingerprint density at radius 3 is 2.77 bits per heavy atom. The molecule has 35 heavy (non-hydrogen) atoms. The summed E-state index contributed by atoms with van der Waals surface area (Å²) in [6.45, 7) is 1.68. The Kier molecular flexibility index (Phi) is 5.33. The standard InChI is InChI=1S/C27H26N6O2/c34-25-9-8-22(31-25)17-4-6-19(7-5-17)30-27(35)32-23-2-1-3-24-21(23)12-15-33(24)16-18-10-13-28-26-20(18)11-14-29-26/h1-7,10-11,13-14,22H,8-9,12,15-16H2,(H,28,29)(H,31,34)(H2,30,32,35). The largest absolute Gasteiger partial charge is 0.367 e. The Morgan fingerprint density at radius 2 is 1.94 bits per heavy atom. The van der Waals surface area contributed by atoms with E-state index in [1.165, 1.54) is 5.56 Å². The van der Waals surface area contributed by atoms with Gasteiger partial charge < -0.3 is 25.8 Å². The predicted molar refractivity (Wildman–Crippen MR) is 136 cm³/mol. The molecule has 1 atom stereocenters. The zero-order valence-electron chi connectivity index (χ0n) is 19.2. The summed E-state index contributed by atoms with van der Waals surface area (Å²) in [4.78, 5) is 34.1. The van der Waals surface area contributed by atoms with Gasteiger partial charge in [0.2, 0.25) is 5.91 Å². The van der Waals surface area contributed by atoms with Crippen molar-refractivity contribution in [3.05, 3.63) is 83.7 Å². The molecule has 8 heteroatoms. The van der Waals surface area contributed by atoms with Crippen molar-refractivity contribution >= 4 is 40.0 Å². The number of carbonyl (C=O) groups excluding carboxylic acids is 2. The summed E-state index contributed by atoms with van der Waals surface area (Å²) in [5.41, 5.74) is 7.00. The second-order valence-corrected chi connectivity index (χ2v) is 9.04. The van der Waals surface area contributed by atoms with Gasteiger partial charge in [0, 0.05) is 59.9 Å². The second kappa shape index (κ2) is 8.79. The monoisotopic (exact) mass is 466 g/mol. The van der Waals surface area contributed by atoms with Gasteiger partial charge in [0.05, 0.1) is 6.04 Å². The number of anilines is 3. The van der Waals surface area contributed by atoms with Gasteiger partial charge in [-0.25, -0.2) is 9.78 Å². The van der Waals surface area contributed by atoms with Crippen LogP contribution in [0, 0.1) is 0 Å². The van der Waals surface area contributed by atoms with Gasteiger partial charge in [-0.05, 0) is 60.4 Å². The Balaban J connectivity index is 1.13. The molecule has 0 aliphatic carbocycles. The number of nitrogens with one attached hydrogen (secondary N) is 4. The highest BCUT2D eigenvalue weighted by Gasteiger charge is 2.24. The Bertz CT molecular complexity index is 1410. The number of rotatable bonds is 5. The van der Waals surface area contributed by atoms with E-state index in [9.17, 15) is 9.59 Å². The number of aromatic nitrogens is 2. The molecule has 2 aromatic heterocycles. The molecular formula is C27H26N6O2. The van der Waals surface area contributed by atoms with Crippen LogP contribution in [0.4, 0.5) is 21.9 Å². The third kappa shape index (κ3) is 4.19. The van der Waals surface area contributed by atoms with E-state index in [1.807, 2.05) is 48.8 Å². The van der Waals surface area contributed by atoms with Crippen molar-refractivity contribution in [1.29, 1.82) is 0 Å². The molecule has 3 amide bonds. The summed E-state index contributed by atoms with van der Waals surface area (Å²) in [6.07, 6.45) is 5.99. The number of benzene rings is 2. The first-order valence-corrected chi connectivity index (χ1v) is 11.9. The third-order valence-corrected chi connectivity index (χ3v) is 6.85. The molecule has 2 aromatic carbocycles. The molecule has 1 fully saturated rings. The number of nitrogens with zero attached hydrogens (tertiary/aromatic N) is 2. The van der Waals surface area contributed by atoms with E-state index in [4.69, 9.17) is 0 Å². The van der Waals surface area contributed by atoms with Crippen molar-refractivity contribution in [2.24, 2.45) is 0 Å². The quantitative estimate of drug-likeness (QED) is 0.342. The molecule has 8 nitrogen and oxygen atoms in total. The molecule has 1 unspecified atom stereocenters. The normalized spacial score (nSPS) is 16.9. The number of urea groups is 1. The first kappa shape index (κ1) is 21.2. The smallest absolute Gasteiger partial charge is 0.323 e. The lowest BCUT2D eigenvalue weighted by Crippen LogP contribution is -2.21. The van der Waals surface area contributed by atoms with Gasteiger partial charge in [-0.1, -0.05) is 18.2 Å². The lowest BCUT2D eigenvalue weighted by Gasteiger charge is -2.20. The molecule has 2 aliphatic rings. The Labute approximate surface area is 202 Å². The van der Waals surface area contributed by atoms with Gasteiger partial charge in [0.15, 0.2) is 0 Å². The zero-order valence-corrected chi connectivity index (χ0v) is 19.2. The number of amides is 3. The molecule has 2 aliphatic heterocycles. The van der Waals surface area contributed by atoms with Crippen LogP contribution < -0.4 is 20.9 Å². The molecule has 0 bridgehead atoms. The van der Waals surface area contributed by atoms with Gasteiger partial charge in [0.25, 0.3) is 0 Å². The number of fused-ring (bicyclic) bond motifs is 2. The molecule has 176 valence electrons. The SMILES string of the molecule is O=C1CCC(c2ccc(NC(=O)Nc3cccc4c3CCN4Cc3ccnc4[nH]ccc34)cc2)N1. The van der Waals surface area contributed by atoms with Crippen LogP contribution in [-0.4, -0.2) is 28.5 Å². The first-order chi connectivity index (χ1) is 17.1. The highest BCUT2D eigenvalue weighted by Crippen LogP contribution is 2.35. The third-order valence-electron chi connectivity index (χ3n) is 6.85. The average molecular weight is 467 g/mol. The molecule has 1 saturated heterocycles. The number of pyridine rings is 1. The van der Waals surface area contributed by atoms with Crippen molar-refractivity contribution in [2.45, 2.75) is 31.8 Å². The summed E-state index contributed by atoms with van der Waals surface area (Å²) in [5.74, 6) is 0.0871. The summed E-state index contributed by atoms with van der Waals surface area (Å²) in [6, 6.07) is 17.6. The Hall–Kier alpha value is -4.33. The van der Waals surface area contributed by atoms with Crippen LogP contribution in [0.5, 0.6) is 0 Å². The van der Waals surface area contributed by atoms with Crippen LogP contribution in [0.25, 0.3) is 11.0 Å². The van der Waals surface area contributed by atoms with Gasteiger partial charge >= 0.3 is 6.03 Å². The number of aromatic amines is 1. The minimum atomic E-state index is -0.276. The summed E-state index contributed by atoms with van der Waals surface area (Å²) < 4.78 is 0. The van der Waals surface area contributed by atoms with Crippen molar-refractivity contribution < 1.29 is 9.59 Å². The fourth-order valence-electron chi connectivity index (χ4n) is 5.09. The van der Waals surface area contributed by atoms with Gasteiger partial charge in [0.1, 0.15) is 5.65 Å². The van der Waals surface area contributed by atoms with Crippen LogP contribution >= 0.6 is 0 Å². The van der Waals surface area contributed by atoms with E-state index in [2.05, 4.69) is 49.0 Å².